The van der Waals surface area contributed by atoms with E-state index in [0.717, 1.165) is 63.9 Å². The third-order valence-electron chi connectivity index (χ3n) is 4.81. The number of benzene rings is 1. The average molecular weight is 313 g/mol. The number of rotatable bonds is 4. The van der Waals surface area contributed by atoms with Crippen molar-refractivity contribution in [3.8, 4) is 5.75 Å². The van der Waals surface area contributed by atoms with E-state index in [1.165, 1.54) is 11.1 Å². The first-order valence-corrected chi connectivity index (χ1v) is 8.35. The highest BCUT2D eigenvalue weighted by atomic mass is 16.5. The maximum atomic E-state index is 5.58. The van der Waals surface area contributed by atoms with Gasteiger partial charge in [0.15, 0.2) is 0 Å². The molecule has 1 fully saturated rings. The first-order valence-electron chi connectivity index (χ1n) is 8.35. The summed E-state index contributed by atoms with van der Waals surface area (Å²) < 4.78 is 7.56. The molecule has 0 atom stereocenters. The van der Waals surface area contributed by atoms with Crippen LogP contribution in [0.15, 0.2) is 24.5 Å². The van der Waals surface area contributed by atoms with E-state index in [9.17, 15) is 0 Å². The zero-order chi connectivity index (χ0) is 15.6. The first kappa shape index (κ1) is 14.5. The number of hydrogen-bond donors (Lipinski definition) is 0. The smallest absolute Gasteiger partial charge is 0.226 e. The molecule has 0 spiro atoms. The van der Waals surface area contributed by atoms with Gasteiger partial charge in [0.2, 0.25) is 5.95 Å². The molecule has 2 aromatic rings. The predicted molar refractivity (Wildman–Crippen MR) is 89.0 cm³/mol. The maximum absolute atomic E-state index is 5.58. The number of hydrogen-bond acceptors (Lipinski definition) is 5. The second kappa shape index (κ2) is 6.20. The van der Waals surface area contributed by atoms with E-state index in [4.69, 9.17) is 4.74 Å². The maximum Gasteiger partial charge on any atom is 0.226 e. The number of anilines is 1. The molecular weight excluding hydrogens is 290 g/mol. The molecular formula is C17H23N5O. The molecule has 23 heavy (non-hydrogen) atoms. The van der Waals surface area contributed by atoms with Gasteiger partial charge < -0.3 is 14.2 Å². The Morgan fingerprint density at radius 2 is 2.04 bits per heavy atom. The number of aryl methyl sites for hydroxylation is 1. The molecule has 2 aliphatic heterocycles. The van der Waals surface area contributed by atoms with Gasteiger partial charge in [-0.05, 0) is 23.6 Å². The van der Waals surface area contributed by atoms with Crippen molar-refractivity contribution in [2.75, 3.05) is 44.2 Å². The molecule has 0 unspecified atom stereocenters. The molecule has 3 heterocycles. The average Bonchev–Trinajstić information content (AvgIpc) is 3.21. The summed E-state index contributed by atoms with van der Waals surface area (Å²) in [4.78, 5) is 4.85. The monoisotopic (exact) mass is 313 g/mol. The third kappa shape index (κ3) is 3.03. The largest absolute Gasteiger partial charge is 0.493 e. The topological polar surface area (TPSA) is 46.4 Å². The van der Waals surface area contributed by atoms with Gasteiger partial charge >= 0.3 is 0 Å². The first-order chi connectivity index (χ1) is 11.3. The third-order valence-corrected chi connectivity index (χ3v) is 4.81. The van der Waals surface area contributed by atoms with Gasteiger partial charge in [0.05, 0.1) is 6.61 Å². The van der Waals surface area contributed by atoms with Crippen molar-refractivity contribution in [1.82, 2.24) is 19.7 Å². The molecule has 4 rings (SSSR count). The number of nitrogens with zero attached hydrogens (tertiary/aromatic N) is 5. The van der Waals surface area contributed by atoms with Gasteiger partial charge in [-0.3, -0.25) is 4.90 Å². The number of fused-ring (bicyclic) bond motifs is 1. The molecule has 0 radical (unpaired) electrons. The van der Waals surface area contributed by atoms with Gasteiger partial charge in [-0.2, -0.15) is 0 Å². The standard InChI is InChI=1S/C17H23N5O/c1-20-13-18-19-17(20)22-9-7-21(8-10-22)6-4-14-2-3-16-15(12-14)5-11-23-16/h2-3,12-13H,4-11H2,1H3. The lowest BCUT2D eigenvalue weighted by atomic mass is 10.1. The molecule has 1 aromatic heterocycles. The molecule has 0 aliphatic carbocycles. The van der Waals surface area contributed by atoms with Crippen LogP contribution in [0.4, 0.5) is 5.95 Å². The van der Waals surface area contributed by atoms with Crippen LogP contribution in [0.5, 0.6) is 5.75 Å². The second-order valence-corrected chi connectivity index (χ2v) is 6.36. The van der Waals surface area contributed by atoms with E-state index in [2.05, 4.69) is 38.2 Å². The van der Waals surface area contributed by atoms with E-state index in [1.54, 1.807) is 6.33 Å². The zero-order valence-corrected chi connectivity index (χ0v) is 13.6. The summed E-state index contributed by atoms with van der Waals surface area (Å²) in [5.74, 6) is 2.05. The SMILES string of the molecule is Cn1cnnc1N1CCN(CCc2ccc3c(c2)CCO3)CC1. The quantitative estimate of drug-likeness (QED) is 0.846. The number of piperazine rings is 1. The normalized spacial score (nSPS) is 18.0. The molecule has 0 saturated carbocycles. The highest BCUT2D eigenvalue weighted by molar-refractivity contribution is 5.39. The van der Waals surface area contributed by atoms with Gasteiger partial charge in [-0.15, -0.1) is 10.2 Å². The van der Waals surface area contributed by atoms with Crippen LogP contribution in [0.1, 0.15) is 11.1 Å². The van der Waals surface area contributed by atoms with Gasteiger partial charge in [0.25, 0.3) is 0 Å². The van der Waals surface area contributed by atoms with Crippen LogP contribution >= 0.6 is 0 Å². The van der Waals surface area contributed by atoms with E-state index >= 15 is 0 Å². The molecule has 6 heteroatoms. The van der Waals surface area contributed by atoms with Crippen molar-refractivity contribution in [3.63, 3.8) is 0 Å². The van der Waals surface area contributed by atoms with E-state index in [-0.39, 0.29) is 0 Å². The number of aromatic nitrogens is 3. The summed E-state index contributed by atoms with van der Waals surface area (Å²) in [7, 11) is 2.00. The van der Waals surface area contributed by atoms with Crippen LogP contribution in [0.2, 0.25) is 0 Å². The van der Waals surface area contributed by atoms with Crippen molar-refractivity contribution in [3.05, 3.63) is 35.7 Å². The summed E-state index contributed by atoms with van der Waals surface area (Å²) in [6.07, 6.45) is 3.93. The van der Waals surface area contributed by atoms with Gasteiger partial charge in [0, 0.05) is 46.2 Å². The molecule has 0 amide bonds. The summed E-state index contributed by atoms with van der Waals surface area (Å²) >= 11 is 0. The lowest BCUT2D eigenvalue weighted by Gasteiger charge is -2.34. The summed E-state index contributed by atoms with van der Waals surface area (Å²) in [5, 5.41) is 8.17. The predicted octanol–water partition coefficient (Wildman–Crippen LogP) is 1.11. The minimum absolute atomic E-state index is 0.836. The summed E-state index contributed by atoms with van der Waals surface area (Å²) in [6.45, 7) is 6.16. The van der Waals surface area contributed by atoms with E-state index < -0.39 is 0 Å². The molecule has 0 N–H and O–H groups in total. The number of ether oxygens (including phenoxy) is 1. The van der Waals surface area contributed by atoms with Crippen LogP contribution in [-0.2, 0) is 19.9 Å². The molecule has 6 nitrogen and oxygen atoms in total. The molecule has 1 aromatic carbocycles. The Hall–Kier alpha value is -2.08. The Kier molecular flexibility index (Phi) is 3.91. The van der Waals surface area contributed by atoms with Gasteiger partial charge in [0.1, 0.15) is 12.1 Å². The fourth-order valence-electron chi connectivity index (χ4n) is 3.42. The Morgan fingerprint density at radius 3 is 2.83 bits per heavy atom. The van der Waals surface area contributed by atoms with Crippen molar-refractivity contribution >= 4 is 5.95 Å². The van der Waals surface area contributed by atoms with Crippen LogP contribution < -0.4 is 9.64 Å². The minimum Gasteiger partial charge on any atom is -0.493 e. The van der Waals surface area contributed by atoms with Crippen LogP contribution in [0.3, 0.4) is 0 Å². The lowest BCUT2D eigenvalue weighted by Crippen LogP contribution is -2.47. The van der Waals surface area contributed by atoms with Gasteiger partial charge in [-0.1, -0.05) is 12.1 Å². The van der Waals surface area contributed by atoms with Crippen molar-refractivity contribution < 1.29 is 4.74 Å². The Bertz CT molecular complexity index is 675. The van der Waals surface area contributed by atoms with Crippen LogP contribution in [0.25, 0.3) is 0 Å². The Labute approximate surface area is 136 Å². The summed E-state index contributed by atoms with van der Waals surface area (Å²) in [5.41, 5.74) is 2.79. The highest BCUT2D eigenvalue weighted by Gasteiger charge is 2.20. The van der Waals surface area contributed by atoms with E-state index in [1.807, 2.05) is 11.6 Å². The fraction of sp³-hybridized carbons (Fsp3) is 0.529. The molecule has 2 aliphatic rings. The Balaban J connectivity index is 1.29. The van der Waals surface area contributed by atoms with Crippen LogP contribution in [-0.4, -0.2) is 59.0 Å². The Morgan fingerprint density at radius 1 is 1.17 bits per heavy atom. The zero-order valence-electron chi connectivity index (χ0n) is 13.6. The minimum atomic E-state index is 0.836. The van der Waals surface area contributed by atoms with Gasteiger partial charge in [-0.25, -0.2) is 0 Å². The van der Waals surface area contributed by atoms with Crippen molar-refractivity contribution in [1.29, 1.82) is 0 Å². The van der Waals surface area contributed by atoms with E-state index in [0.29, 0.717) is 0 Å². The molecule has 1 saturated heterocycles. The highest BCUT2D eigenvalue weighted by Crippen LogP contribution is 2.26. The van der Waals surface area contributed by atoms with Crippen LogP contribution in [0, 0.1) is 0 Å². The second-order valence-electron chi connectivity index (χ2n) is 6.36. The van der Waals surface area contributed by atoms with Crippen molar-refractivity contribution in [2.45, 2.75) is 12.8 Å². The molecule has 122 valence electrons. The lowest BCUT2D eigenvalue weighted by molar-refractivity contribution is 0.259. The van der Waals surface area contributed by atoms with Crippen molar-refractivity contribution in [2.24, 2.45) is 7.05 Å². The fourth-order valence-corrected chi connectivity index (χ4v) is 3.42. The summed E-state index contributed by atoms with van der Waals surface area (Å²) in [6, 6.07) is 6.65. The molecule has 0 bridgehead atoms.